The standard InChI is InChI=1S/C20H21ClN2O3S/c1-5-23-16-7-6-14(10-17(16)27-20(23)25)22-19(24)13(4)26-15-8-11(2)18(21)12(3)9-15/h6-10,13H,5H2,1-4H3,(H,22,24)/t13-/m0/s1. The summed E-state index contributed by atoms with van der Waals surface area (Å²) in [6.45, 7) is 8.04. The van der Waals surface area contributed by atoms with Gasteiger partial charge >= 0.3 is 4.87 Å². The molecule has 3 rings (SSSR count). The predicted octanol–water partition coefficient (Wildman–Crippen LogP) is 4.76. The van der Waals surface area contributed by atoms with Crippen molar-refractivity contribution in [1.82, 2.24) is 4.57 Å². The van der Waals surface area contributed by atoms with Crippen molar-refractivity contribution in [1.29, 1.82) is 0 Å². The Bertz CT molecular complexity index is 1050. The van der Waals surface area contributed by atoms with E-state index in [1.165, 1.54) is 11.3 Å². The average molecular weight is 405 g/mol. The number of aryl methyl sites for hydroxylation is 3. The van der Waals surface area contributed by atoms with Gasteiger partial charge in [-0.15, -0.1) is 0 Å². The number of carbonyl (C=O) groups is 1. The molecule has 1 aromatic heterocycles. The topological polar surface area (TPSA) is 60.3 Å². The van der Waals surface area contributed by atoms with Crippen molar-refractivity contribution in [3.05, 3.63) is 56.1 Å². The minimum atomic E-state index is -0.681. The number of fused-ring (bicyclic) bond motifs is 1. The highest BCUT2D eigenvalue weighted by atomic mass is 35.5. The van der Waals surface area contributed by atoms with Gasteiger partial charge in [0, 0.05) is 17.3 Å². The van der Waals surface area contributed by atoms with Gasteiger partial charge < -0.3 is 10.1 Å². The van der Waals surface area contributed by atoms with Crippen LogP contribution in [0, 0.1) is 13.8 Å². The number of aromatic nitrogens is 1. The molecule has 2 aromatic carbocycles. The molecular weight excluding hydrogens is 384 g/mol. The summed E-state index contributed by atoms with van der Waals surface area (Å²) in [6, 6.07) is 9.09. The van der Waals surface area contributed by atoms with Gasteiger partial charge in [-0.25, -0.2) is 0 Å². The predicted molar refractivity (Wildman–Crippen MR) is 111 cm³/mol. The first kappa shape index (κ1) is 19.5. The van der Waals surface area contributed by atoms with Crippen LogP contribution in [0.3, 0.4) is 0 Å². The first-order chi connectivity index (χ1) is 12.8. The zero-order chi connectivity index (χ0) is 19.7. The minimum absolute atomic E-state index is 0.00107. The third-order valence-electron chi connectivity index (χ3n) is 4.34. The number of carbonyl (C=O) groups excluding carboxylic acids is 1. The van der Waals surface area contributed by atoms with Crippen molar-refractivity contribution in [3.63, 3.8) is 0 Å². The van der Waals surface area contributed by atoms with Crippen LogP contribution in [-0.4, -0.2) is 16.6 Å². The smallest absolute Gasteiger partial charge is 0.308 e. The normalized spacial score (nSPS) is 12.2. The van der Waals surface area contributed by atoms with Crippen molar-refractivity contribution in [2.45, 2.75) is 40.3 Å². The SMILES string of the molecule is CCn1c(=O)sc2cc(NC(=O)[C@H](C)Oc3cc(C)c(Cl)c(C)c3)ccc21. The molecule has 1 atom stereocenters. The number of thiazole rings is 1. The first-order valence-electron chi connectivity index (χ1n) is 8.67. The summed E-state index contributed by atoms with van der Waals surface area (Å²) in [5.41, 5.74) is 3.32. The van der Waals surface area contributed by atoms with E-state index in [0.29, 0.717) is 23.0 Å². The molecule has 5 nitrogen and oxygen atoms in total. The Kier molecular flexibility index (Phi) is 5.58. The number of amides is 1. The zero-order valence-corrected chi connectivity index (χ0v) is 17.2. The van der Waals surface area contributed by atoms with Gasteiger partial charge in [-0.1, -0.05) is 22.9 Å². The van der Waals surface area contributed by atoms with Gasteiger partial charge in [-0.05, 0) is 69.2 Å². The third kappa shape index (κ3) is 4.01. The van der Waals surface area contributed by atoms with Crippen molar-refractivity contribution in [2.75, 3.05) is 5.32 Å². The van der Waals surface area contributed by atoms with Gasteiger partial charge in [0.2, 0.25) is 0 Å². The van der Waals surface area contributed by atoms with Crippen LogP contribution in [0.5, 0.6) is 5.75 Å². The molecule has 7 heteroatoms. The van der Waals surface area contributed by atoms with Gasteiger partial charge in [0.15, 0.2) is 6.10 Å². The second-order valence-electron chi connectivity index (χ2n) is 6.42. The largest absolute Gasteiger partial charge is 0.481 e. The van der Waals surface area contributed by atoms with Crippen molar-refractivity contribution in [2.24, 2.45) is 0 Å². The molecule has 0 bridgehead atoms. The van der Waals surface area contributed by atoms with E-state index in [1.807, 2.05) is 45.0 Å². The van der Waals surface area contributed by atoms with Crippen LogP contribution < -0.4 is 14.9 Å². The van der Waals surface area contributed by atoms with Crippen LogP contribution in [0.25, 0.3) is 10.2 Å². The first-order valence-corrected chi connectivity index (χ1v) is 9.87. The molecule has 0 saturated carbocycles. The lowest BCUT2D eigenvalue weighted by Gasteiger charge is -2.16. The molecule has 0 aliphatic carbocycles. The second kappa shape index (κ2) is 7.74. The Morgan fingerprint density at radius 3 is 2.56 bits per heavy atom. The van der Waals surface area contributed by atoms with E-state index >= 15 is 0 Å². The summed E-state index contributed by atoms with van der Waals surface area (Å²) >= 11 is 7.34. The Labute approximate surface area is 166 Å². The van der Waals surface area contributed by atoms with E-state index in [0.717, 1.165) is 21.3 Å². The molecule has 142 valence electrons. The lowest BCUT2D eigenvalue weighted by Crippen LogP contribution is -2.30. The molecule has 0 unspecified atom stereocenters. The molecular formula is C20H21ClN2O3S. The summed E-state index contributed by atoms with van der Waals surface area (Å²) in [5, 5.41) is 3.55. The molecule has 0 fully saturated rings. The number of nitrogens with one attached hydrogen (secondary N) is 1. The maximum Gasteiger partial charge on any atom is 0.308 e. The molecule has 0 aliphatic heterocycles. The van der Waals surface area contributed by atoms with E-state index in [-0.39, 0.29) is 10.8 Å². The summed E-state index contributed by atoms with van der Waals surface area (Å²) in [4.78, 5) is 24.5. The number of hydrogen-bond donors (Lipinski definition) is 1. The fourth-order valence-corrected chi connectivity index (χ4v) is 4.02. The molecule has 1 amide bonds. The van der Waals surface area contributed by atoms with E-state index in [9.17, 15) is 9.59 Å². The Morgan fingerprint density at radius 2 is 1.93 bits per heavy atom. The van der Waals surface area contributed by atoms with Crippen LogP contribution >= 0.6 is 22.9 Å². The highest BCUT2D eigenvalue weighted by Crippen LogP contribution is 2.27. The highest BCUT2D eigenvalue weighted by molar-refractivity contribution is 7.16. The summed E-state index contributed by atoms with van der Waals surface area (Å²) in [6.07, 6.45) is -0.681. The van der Waals surface area contributed by atoms with E-state index < -0.39 is 6.10 Å². The van der Waals surface area contributed by atoms with Gasteiger partial charge in [-0.3, -0.25) is 14.2 Å². The molecule has 0 aliphatic rings. The fraction of sp³-hybridized carbons (Fsp3) is 0.300. The quantitative estimate of drug-likeness (QED) is 0.666. The van der Waals surface area contributed by atoms with Gasteiger partial charge in [0.1, 0.15) is 5.75 Å². The number of nitrogens with zero attached hydrogens (tertiary/aromatic N) is 1. The lowest BCUT2D eigenvalue weighted by atomic mass is 10.1. The lowest BCUT2D eigenvalue weighted by molar-refractivity contribution is -0.122. The highest BCUT2D eigenvalue weighted by Gasteiger charge is 2.17. The monoisotopic (exact) mass is 404 g/mol. The Morgan fingerprint density at radius 1 is 1.26 bits per heavy atom. The molecule has 27 heavy (non-hydrogen) atoms. The van der Waals surface area contributed by atoms with Gasteiger partial charge in [0.05, 0.1) is 10.2 Å². The van der Waals surface area contributed by atoms with Crippen LogP contribution in [0.2, 0.25) is 5.02 Å². The maximum absolute atomic E-state index is 12.5. The number of hydrogen-bond acceptors (Lipinski definition) is 4. The van der Waals surface area contributed by atoms with Crippen LogP contribution in [0.4, 0.5) is 5.69 Å². The van der Waals surface area contributed by atoms with Gasteiger partial charge in [0.25, 0.3) is 5.91 Å². The van der Waals surface area contributed by atoms with Crippen LogP contribution in [0.15, 0.2) is 35.1 Å². The number of anilines is 1. The molecule has 0 radical (unpaired) electrons. The number of benzene rings is 2. The Balaban J connectivity index is 1.74. The molecule has 0 saturated heterocycles. The van der Waals surface area contributed by atoms with Crippen LogP contribution in [0.1, 0.15) is 25.0 Å². The summed E-state index contributed by atoms with van der Waals surface area (Å²) < 4.78 is 8.33. The van der Waals surface area contributed by atoms with Crippen molar-refractivity contribution in [3.8, 4) is 5.75 Å². The molecule has 0 spiro atoms. The summed E-state index contributed by atoms with van der Waals surface area (Å²) in [7, 11) is 0. The van der Waals surface area contributed by atoms with Gasteiger partial charge in [-0.2, -0.15) is 0 Å². The van der Waals surface area contributed by atoms with E-state index in [4.69, 9.17) is 16.3 Å². The zero-order valence-electron chi connectivity index (χ0n) is 15.6. The fourth-order valence-electron chi connectivity index (χ4n) is 2.92. The molecule has 3 aromatic rings. The van der Waals surface area contributed by atoms with Crippen molar-refractivity contribution >= 4 is 44.7 Å². The average Bonchev–Trinajstić information content (AvgIpc) is 2.93. The number of halogens is 1. The van der Waals surface area contributed by atoms with Crippen LogP contribution in [-0.2, 0) is 11.3 Å². The second-order valence-corrected chi connectivity index (χ2v) is 7.79. The summed E-state index contributed by atoms with van der Waals surface area (Å²) in [5.74, 6) is 0.340. The number of rotatable bonds is 5. The maximum atomic E-state index is 12.5. The van der Waals surface area contributed by atoms with E-state index in [2.05, 4.69) is 5.32 Å². The molecule has 1 N–H and O–H groups in total. The Hall–Kier alpha value is -2.31. The third-order valence-corrected chi connectivity index (χ3v) is 5.88. The van der Waals surface area contributed by atoms with E-state index in [1.54, 1.807) is 17.6 Å². The number of ether oxygens (including phenoxy) is 1. The molecule has 1 heterocycles. The van der Waals surface area contributed by atoms with Crippen molar-refractivity contribution < 1.29 is 9.53 Å². The minimum Gasteiger partial charge on any atom is -0.481 e.